The molecule has 0 aliphatic rings. The van der Waals surface area contributed by atoms with E-state index in [2.05, 4.69) is 20.9 Å². The standard InChI is InChI=1S/C25H25F3N4O3/c1-4-17-6-7-18(25(26,27)28)12-20(17)32-24(34)31-14-16-5-8-22(15(2)11-16)35-19-9-10-30-21(13-19)23(33)29-3/h5-13H,4,14H2,1-3H3,(H,29,33)(H2,31,32,34). The van der Waals surface area contributed by atoms with E-state index < -0.39 is 17.8 Å². The predicted molar refractivity (Wildman–Crippen MR) is 126 cm³/mol. The summed E-state index contributed by atoms with van der Waals surface area (Å²) in [4.78, 5) is 28.1. The largest absolute Gasteiger partial charge is 0.457 e. The van der Waals surface area contributed by atoms with Crippen LogP contribution in [0.4, 0.5) is 23.7 Å². The fraction of sp³-hybridized carbons (Fsp3) is 0.240. The molecule has 10 heteroatoms. The minimum absolute atomic E-state index is 0.119. The number of halogens is 3. The zero-order chi connectivity index (χ0) is 25.6. The molecule has 1 aromatic heterocycles. The highest BCUT2D eigenvalue weighted by atomic mass is 19.4. The Balaban J connectivity index is 1.64. The van der Waals surface area contributed by atoms with Crippen LogP contribution in [0.3, 0.4) is 0 Å². The number of hydrogen-bond acceptors (Lipinski definition) is 4. The van der Waals surface area contributed by atoms with Gasteiger partial charge in [0.1, 0.15) is 17.2 Å². The van der Waals surface area contributed by atoms with Crippen LogP contribution in [0.5, 0.6) is 11.5 Å². The maximum atomic E-state index is 13.0. The summed E-state index contributed by atoms with van der Waals surface area (Å²) in [6, 6.07) is 11.1. The lowest BCUT2D eigenvalue weighted by molar-refractivity contribution is -0.137. The fourth-order valence-electron chi connectivity index (χ4n) is 3.32. The lowest BCUT2D eigenvalue weighted by atomic mass is 10.1. The van der Waals surface area contributed by atoms with Crippen LogP contribution in [-0.4, -0.2) is 24.0 Å². The number of hydrogen-bond donors (Lipinski definition) is 3. The molecule has 0 aliphatic heterocycles. The van der Waals surface area contributed by atoms with E-state index in [1.54, 1.807) is 25.1 Å². The van der Waals surface area contributed by atoms with Crippen molar-refractivity contribution in [1.82, 2.24) is 15.6 Å². The van der Waals surface area contributed by atoms with Crippen molar-refractivity contribution in [3.05, 3.63) is 82.7 Å². The van der Waals surface area contributed by atoms with Crippen LogP contribution in [0.2, 0.25) is 0 Å². The molecule has 7 nitrogen and oxygen atoms in total. The van der Waals surface area contributed by atoms with E-state index in [1.165, 1.54) is 25.4 Å². The molecule has 0 saturated heterocycles. The second kappa shape index (κ2) is 10.9. The van der Waals surface area contributed by atoms with Crippen LogP contribution in [0, 0.1) is 6.92 Å². The summed E-state index contributed by atoms with van der Waals surface area (Å²) in [6.45, 7) is 3.78. The second-order valence-corrected chi connectivity index (χ2v) is 7.69. The number of pyridine rings is 1. The van der Waals surface area contributed by atoms with E-state index in [1.807, 2.05) is 13.0 Å². The normalized spacial score (nSPS) is 11.0. The van der Waals surface area contributed by atoms with Crippen molar-refractivity contribution >= 4 is 17.6 Å². The van der Waals surface area contributed by atoms with Crippen molar-refractivity contribution in [2.75, 3.05) is 12.4 Å². The van der Waals surface area contributed by atoms with Gasteiger partial charge in [-0.3, -0.25) is 9.78 Å². The first kappa shape index (κ1) is 25.5. The van der Waals surface area contributed by atoms with Crippen molar-refractivity contribution in [2.24, 2.45) is 0 Å². The molecule has 1 heterocycles. The number of ether oxygens (including phenoxy) is 1. The molecule has 3 rings (SSSR count). The summed E-state index contributed by atoms with van der Waals surface area (Å²) in [5.74, 6) is 0.673. The number of carbonyl (C=O) groups excluding carboxylic acids is 2. The topological polar surface area (TPSA) is 92.3 Å². The number of anilines is 1. The molecule has 0 aliphatic carbocycles. The number of aryl methyl sites for hydroxylation is 2. The van der Waals surface area contributed by atoms with Gasteiger partial charge in [0.2, 0.25) is 0 Å². The van der Waals surface area contributed by atoms with Gasteiger partial charge in [0.05, 0.1) is 5.56 Å². The number of benzene rings is 2. The molecule has 2 aromatic carbocycles. The van der Waals surface area contributed by atoms with E-state index in [4.69, 9.17) is 4.74 Å². The van der Waals surface area contributed by atoms with Crippen LogP contribution in [0.25, 0.3) is 0 Å². The lowest BCUT2D eigenvalue weighted by Gasteiger charge is -2.15. The van der Waals surface area contributed by atoms with Gasteiger partial charge in [0.15, 0.2) is 0 Å². The van der Waals surface area contributed by atoms with Gasteiger partial charge < -0.3 is 20.7 Å². The third-order valence-electron chi connectivity index (χ3n) is 5.18. The maximum absolute atomic E-state index is 13.0. The van der Waals surface area contributed by atoms with Crippen LogP contribution in [-0.2, 0) is 19.1 Å². The number of rotatable bonds is 7. The van der Waals surface area contributed by atoms with E-state index in [0.29, 0.717) is 23.5 Å². The number of amides is 3. The van der Waals surface area contributed by atoms with Crippen LogP contribution in [0.15, 0.2) is 54.7 Å². The van der Waals surface area contributed by atoms with E-state index in [9.17, 15) is 22.8 Å². The van der Waals surface area contributed by atoms with E-state index >= 15 is 0 Å². The SMILES string of the molecule is CCc1ccc(C(F)(F)F)cc1NC(=O)NCc1ccc(Oc2ccnc(C(=O)NC)c2)c(C)c1. The summed E-state index contributed by atoms with van der Waals surface area (Å²) in [6.07, 6.45) is -2.56. The minimum Gasteiger partial charge on any atom is -0.457 e. The predicted octanol–water partition coefficient (Wildman–Crippen LogP) is 5.44. The number of nitrogens with zero attached hydrogens (tertiary/aromatic N) is 1. The molecule has 3 N–H and O–H groups in total. The van der Waals surface area contributed by atoms with Gasteiger partial charge >= 0.3 is 12.2 Å². The zero-order valence-corrected chi connectivity index (χ0v) is 19.4. The van der Waals surface area contributed by atoms with Gasteiger partial charge in [-0.05, 0) is 54.3 Å². The highest BCUT2D eigenvalue weighted by molar-refractivity contribution is 5.92. The molecule has 0 bridgehead atoms. The van der Waals surface area contributed by atoms with Gasteiger partial charge in [-0.1, -0.05) is 25.1 Å². The van der Waals surface area contributed by atoms with Crippen molar-refractivity contribution in [3.63, 3.8) is 0 Å². The maximum Gasteiger partial charge on any atom is 0.416 e. The quantitative estimate of drug-likeness (QED) is 0.414. The van der Waals surface area contributed by atoms with Crippen molar-refractivity contribution in [3.8, 4) is 11.5 Å². The first-order chi connectivity index (χ1) is 16.6. The molecule has 0 saturated carbocycles. The summed E-state index contributed by atoms with van der Waals surface area (Å²) in [5, 5.41) is 7.66. The Hall–Kier alpha value is -4.08. The summed E-state index contributed by atoms with van der Waals surface area (Å²) < 4.78 is 44.9. The smallest absolute Gasteiger partial charge is 0.416 e. The summed E-state index contributed by atoms with van der Waals surface area (Å²) in [5.41, 5.74) is 1.67. The van der Waals surface area contributed by atoms with Crippen molar-refractivity contribution in [2.45, 2.75) is 33.0 Å². The van der Waals surface area contributed by atoms with Gasteiger partial charge in [0, 0.05) is 31.5 Å². The van der Waals surface area contributed by atoms with Gasteiger partial charge in [-0.2, -0.15) is 13.2 Å². The van der Waals surface area contributed by atoms with E-state index in [-0.39, 0.29) is 23.8 Å². The third-order valence-corrected chi connectivity index (χ3v) is 5.18. The lowest BCUT2D eigenvalue weighted by Crippen LogP contribution is -2.28. The molecule has 3 amide bonds. The van der Waals surface area contributed by atoms with Gasteiger partial charge in [0.25, 0.3) is 5.91 Å². The molecule has 0 atom stereocenters. The number of alkyl halides is 3. The van der Waals surface area contributed by atoms with Gasteiger partial charge in [-0.25, -0.2) is 4.79 Å². The Labute approximate surface area is 200 Å². The molecular weight excluding hydrogens is 461 g/mol. The number of urea groups is 1. The van der Waals surface area contributed by atoms with Crippen LogP contribution in [0.1, 0.15) is 39.7 Å². The molecule has 0 radical (unpaired) electrons. The van der Waals surface area contributed by atoms with Crippen molar-refractivity contribution < 1.29 is 27.5 Å². The average Bonchev–Trinajstić information content (AvgIpc) is 2.83. The van der Waals surface area contributed by atoms with Crippen LogP contribution < -0.4 is 20.7 Å². The fourth-order valence-corrected chi connectivity index (χ4v) is 3.32. The molecule has 184 valence electrons. The Morgan fingerprint density at radius 3 is 2.49 bits per heavy atom. The Morgan fingerprint density at radius 1 is 1.06 bits per heavy atom. The first-order valence-corrected chi connectivity index (χ1v) is 10.8. The Kier molecular flexibility index (Phi) is 7.95. The molecular formula is C25H25F3N4O3. The number of aromatic nitrogens is 1. The highest BCUT2D eigenvalue weighted by Gasteiger charge is 2.31. The summed E-state index contributed by atoms with van der Waals surface area (Å²) >= 11 is 0. The first-order valence-electron chi connectivity index (χ1n) is 10.8. The number of nitrogens with one attached hydrogen (secondary N) is 3. The Bertz CT molecular complexity index is 1230. The summed E-state index contributed by atoms with van der Waals surface area (Å²) in [7, 11) is 1.51. The molecule has 35 heavy (non-hydrogen) atoms. The molecule has 0 unspecified atom stereocenters. The molecule has 0 spiro atoms. The van der Waals surface area contributed by atoms with Crippen LogP contribution >= 0.6 is 0 Å². The minimum atomic E-state index is -4.50. The average molecular weight is 486 g/mol. The second-order valence-electron chi connectivity index (χ2n) is 7.69. The molecule has 3 aromatic rings. The van der Waals surface area contributed by atoms with Gasteiger partial charge in [-0.15, -0.1) is 0 Å². The third kappa shape index (κ3) is 6.72. The number of carbonyl (C=O) groups is 2. The van der Waals surface area contributed by atoms with Crippen molar-refractivity contribution in [1.29, 1.82) is 0 Å². The highest BCUT2D eigenvalue weighted by Crippen LogP contribution is 2.32. The Morgan fingerprint density at radius 2 is 1.83 bits per heavy atom. The molecule has 0 fully saturated rings. The van der Waals surface area contributed by atoms with E-state index in [0.717, 1.165) is 23.3 Å². The zero-order valence-electron chi connectivity index (χ0n) is 19.4. The monoisotopic (exact) mass is 486 g/mol.